The third kappa shape index (κ3) is 5.93. The Morgan fingerprint density at radius 3 is 2.85 bits per heavy atom. The fourth-order valence-corrected chi connectivity index (χ4v) is 3.26. The molecule has 0 saturated heterocycles. The highest BCUT2D eigenvalue weighted by atomic mass is 19.1. The normalized spacial score (nSPS) is 13.2. The lowest BCUT2D eigenvalue weighted by molar-refractivity contribution is -0.114. The van der Waals surface area contributed by atoms with Crippen LogP contribution in [-0.4, -0.2) is 42.9 Å². The number of pyridine rings is 1. The van der Waals surface area contributed by atoms with Crippen LogP contribution in [0.25, 0.3) is 10.9 Å². The zero-order chi connectivity index (χ0) is 26.6. The number of hydrogen-bond donors (Lipinski definition) is 1. The summed E-state index contributed by atoms with van der Waals surface area (Å²) < 4.78 is 43.0. The van der Waals surface area contributed by atoms with Gasteiger partial charge >= 0.3 is 0 Å². The molecule has 0 atom stereocenters. The Hall–Kier alpha value is -3.76. The molecular formula is C26H27FN4O2. The number of anilines is 2. The molecule has 3 aromatic rings. The number of likely N-dealkylation sites (N-methyl/N-ethyl adjacent to an activating group) is 1. The standard InChI is InChI=1S/C26H27FN4O2/c1-5-33-25-14-24-22(13-18(25)12-21(32)7-6-10-31(3)4)26(19(15-28)16-29-24)30-20-8-9-23(27)17(2)11-20/h6-9,11,13-14,16H,5,10,12H2,1-4H3,(H,29,30)/b7-6+/i5D2,7D. The van der Waals surface area contributed by atoms with E-state index in [1.165, 1.54) is 31.3 Å². The maximum atomic E-state index is 13.8. The second kappa shape index (κ2) is 10.7. The smallest absolute Gasteiger partial charge is 0.159 e. The third-order valence-electron chi connectivity index (χ3n) is 4.88. The Labute approximate surface area is 197 Å². The summed E-state index contributed by atoms with van der Waals surface area (Å²) in [6.45, 7) is 1.26. The number of hydrogen-bond acceptors (Lipinski definition) is 6. The summed E-state index contributed by atoms with van der Waals surface area (Å²) in [6.07, 6.45) is 2.67. The molecule has 0 saturated carbocycles. The van der Waals surface area contributed by atoms with Gasteiger partial charge in [-0.1, -0.05) is 6.08 Å². The lowest BCUT2D eigenvalue weighted by Crippen LogP contribution is -2.11. The molecule has 1 aromatic heterocycles. The van der Waals surface area contributed by atoms with Gasteiger partial charge in [0.1, 0.15) is 17.6 Å². The topological polar surface area (TPSA) is 78.3 Å². The zero-order valence-electron chi connectivity index (χ0n) is 22.0. The van der Waals surface area contributed by atoms with Crippen LogP contribution >= 0.6 is 0 Å². The lowest BCUT2D eigenvalue weighted by atomic mass is 10.0. The molecule has 33 heavy (non-hydrogen) atoms. The average Bonchev–Trinajstić information content (AvgIpc) is 2.79. The predicted octanol–water partition coefficient (Wildman–Crippen LogP) is 4.93. The van der Waals surface area contributed by atoms with E-state index in [0.29, 0.717) is 39.9 Å². The first-order chi connectivity index (χ1) is 16.9. The molecule has 7 heteroatoms. The highest BCUT2D eigenvalue weighted by Gasteiger charge is 2.16. The third-order valence-corrected chi connectivity index (χ3v) is 4.88. The second-order valence-corrected chi connectivity index (χ2v) is 7.74. The summed E-state index contributed by atoms with van der Waals surface area (Å²) in [5.74, 6) is -0.707. The first-order valence-electron chi connectivity index (χ1n) is 11.8. The first kappa shape index (κ1) is 19.9. The number of aromatic nitrogens is 1. The van der Waals surface area contributed by atoms with E-state index in [4.69, 9.17) is 8.85 Å². The number of ketones is 1. The van der Waals surface area contributed by atoms with Gasteiger partial charge in [-0.2, -0.15) is 5.26 Å². The van der Waals surface area contributed by atoms with Crippen molar-refractivity contribution >= 4 is 28.1 Å². The number of rotatable bonds is 9. The highest BCUT2D eigenvalue weighted by molar-refractivity contribution is 5.98. The molecule has 0 radical (unpaired) electrons. The number of nitrogens with one attached hydrogen (secondary N) is 1. The Bertz CT molecular complexity index is 1380. The van der Waals surface area contributed by atoms with Crippen LogP contribution in [-0.2, 0) is 11.2 Å². The number of fused-ring (bicyclic) bond motifs is 1. The van der Waals surface area contributed by atoms with E-state index in [1.54, 1.807) is 25.1 Å². The van der Waals surface area contributed by atoms with E-state index in [-0.39, 0.29) is 29.6 Å². The fourth-order valence-electron chi connectivity index (χ4n) is 3.26. The molecule has 0 aliphatic carbocycles. The van der Waals surface area contributed by atoms with Crippen molar-refractivity contribution in [2.75, 3.05) is 32.5 Å². The molecule has 2 aromatic carbocycles. The average molecular weight is 450 g/mol. The maximum Gasteiger partial charge on any atom is 0.159 e. The minimum absolute atomic E-state index is 0.115. The number of ether oxygens (including phenoxy) is 1. The van der Waals surface area contributed by atoms with Crippen LogP contribution in [0.3, 0.4) is 0 Å². The highest BCUT2D eigenvalue weighted by Crippen LogP contribution is 2.34. The SMILES string of the molecule is [2H]/C(=C\CN(C)C)C(=O)Cc1cc2c(Nc3ccc(F)c(C)c3)c(C#N)cnc2cc1OC([2H])([2H])C. The van der Waals surface area contributed by atoms with Crippen LogP contribution in [0.5, 0.6) is 5.75 Å². The Morgan fingerprint density at radius 2 is 2.18 bits per heavy atom. The molecule has 6 nitrogen and oxygen atoms in total. The van der Waals surface area contributed by atoms with E-state index in [0.717, 1.165) is 0 Å². The van der Waals surface area contributed by atoms with E-state index < -0.39 is 12.3 Å². The predicted molar refractivity (Wildman–Crippen MR) is 128 cm³/mol. The Morgan fingerprint density at radius 1 is 1.39 bits per heavy atom. The number of aryl methyl sites for hydroxylation is 1. The first-order valence-corrected chi connectivity index (χ1v) is 10.3. The van der Waals surface area contributed by atoms with Crippen molar-refractivity contribution in [2.45, 2.75) is 20.3 Å². The van der Waals surface area contributed by atoms with E-state index >= 15 is 0 Å². The van der Waals surface area contributed by atoms with Gasteiger partial charge in [0.2, 0.25) is 0 Å². The summed E-state index contributed by atoms with van der Waals surface area (Å²) in [5.41, 5.74) is 2.37. The van der Waals surface area contributed by atoms with E-state index in [9.17, 15) is 14.4 Å². The zero-order valence-corrected chi connectivity index (χ0v) is 19.0. The van der Waals surface area contributed by atoms with Crippen LogP contribution in [0.4, 0.5) is 15.8 Å². The van der Waals surface area contributed by atoms with Crippen LogP contribution < -0.4 is 10.1 Å². The van der Waals surface area contributed by atoms with Crippen molar-refractivity contribution in [3.05, 3.63) is 71.2 Å². The molecular weight excluding hydrogens is 419 g/mol. The molecule has 0 amide bonds. The number of halogens is 1. The van der Waals surface area contributed by atoms with Crippen molar-refractivity contribution in [1.29, 1.82) is 5.26 Å². The van der Waals surface area contributed by atoms with Crippen molar-refractivity contribution < 1.29 is 18.0 Å². The van der Waals surface area contributed by atoms with Gasteiger partial charge in [-0.3, -0.25) is 9.78 Å². The van der Waals surface area contributed by atoms with Crippen molar-refractivity contribution in [3.8, 4) is 11.8 Å². The number of carbonyl (C=O) groups excluding carboxylic acids is 1. The minimum Gasteiger partial charge on any atom is -0.494 e. The second-order valence-electron chi connectivity index (χ2n) is 7.74. The summed E-state index contributed by atoms with van der Waals surface area (Å²) in [6, 6.07) is 9.52. The van der Waals surface area contributed by atoms with Gasteiger partial charge in [0.05, 0.1) is 27.4 Å². The van der Waals surface area contributed by atoms with Gasteiger partial charge in [-0.25, -0.2) is 4.39 Å². The van der Waals surface area contributed by atoms with Gasteiger partial charge in [0, 0.05) is 41.9 Å². The van der Waals surface area contributed by atoms with Crippen LogP contribution in [0, 0.1) is 24.1 Å². The number of nitriles is 1. The molecule has 0 aliphatic rings. The monoisotopic (exact) mass is 449 g/mol. The minimum atomic E-state index is -2.03. The largest absolute Gasteiger partial charge is 0.494 e. The van der Waals surface area contributed by atoms with Gasteiger partial charge in [0.15, 0.2) is 5.78 Å². The quantitative estimate of drug-likeness (QED) is 0.467. The molecule has 170 valence electrons. The Balaban J connectivity index is 2.15. The van der Waals surface area contributed by atoms with Crippen molar-refractivity contribution in [1.82, 2.24) is 9.88 Å². The molecule has 0 unspecified atom stereocenters. The molecule has 1 N–H and O–H groups in total. The van der Waals surface area contributed by atoms with E-state index in [1.807, 2.05) is 19.0 Å². The van der Waals surface area contributed by atoms with Gasteiger partial charge in [-0.05, 0) is 63.8 Å². The molecule has 0 bridgehead atoms. The molecule has 0 fully saturated rings. The molecule has 0 aliphatic heterocycles. The summed E-state index contributed by atoms with van der Waals surface area (Å²) in [4.78, 5) is 18.9. The maximum absolute atomic E-state index is 13.8. The fraction of sp³-hybridized carbons (Fsp3) is 0.269. The molecule has 0 spiro atoms. The van der Waals surface area contributed by atoms with E-state index in [2.05, 4.69) is 16.4 Å². The van der Waals surface area contributed by atoms with Crippen molar-refractivity contribution in [2.24, 2.45) is 0 Å². The number of nitrogens with zero attached hydrogens (tertiary/aromatic N) is 3. The number of allylic oxidation sites excluding steroid dienone is 1. The number of benzene rings is 2. The van der Waals surface area contributed by atoms with Crippen LogP contribution in [0.1, 0.15) is 27.7 Å². The van der Waals surface area contributed by atoms with Crippen LogP contribution in [0.2, 0.25) is 0 Å². The lowest BCUT2D eigenvalue weighted by Gasteiger charge is -2.15. The van der Waals surface area contributed by atoms with Crippen LogP contribution in [0.15, 0.2) is 48.7 Å². The molecule has 3 rings (SSSR count). The number of carbonyl (C=O) groups is 1. The van der Waals surface area contributed by atoms with Gasteiger partial charge in [0.25, 0.3) is 0 Å². The Kier molecular flexibility index (Phi) is 6.45. The molecule has 1 heterocycles. The summed E-state index contributed by atoms with van der Waals surface area (Å²) >= 11 is 0. The van der Waals surface area contributed by atoms with Crippen molar-refractivity contribution in [3.63, 3.8) is 0 Å². The van der Waals surface area contributed by atoms with Gasteiger partial charge in [-0.15, -0.1) is 0 Å². The van der Waals surface area contributed by atoms with Gasteiger partial charge < -0.3 is 15.0 Å². The summed E-state index contributed by atoms with van der Waals surface area (Å²) in [7, 11) is 3.65. The summed E-state index contributed by atoms with van der Waals surface area (Å²) in [5, 5.41) is 13.3.